The molecule has 0 aliphatic carbocycles. The lowest BCUT2D eigenvalue weighted by Crippen LogP contribution is -1.98. The molecule has 1 aliphatic rings. The summed E-state index contributed by atoms with van der Waals surface area (Å²) in [7, 11) is 0. The Morgan fingerprint density at radius 3 is 1.66 bits per heavy atom. The molecule has 0 amide bonds. The zero-order valence-electron chi connectivity index (χ0n) is 15.3. The summed E-state index contributed by atoms with van der Waals surface area (Å²) in [6.45, 7) is 0. The normalized spacial score (nSPS) is 13.4. The summed E-state index contributed by atoms with van der Waals surface area (Å²) in [4.78, 5) is 0. The number of phenolic OH excluding ortho intramolecular Hbond substituents is 2. The molecule has 0 bridgehead atoms. The number of phenols is 2. The molecule has 2 aromatic carbocycles. The van der Waals surface area contributed by atoms with Gasteiger partial charge in [0.1, 0.15) is 40.7 Å². The Bertz CT molecular complexity index is 1080. The molecule has 0 spiro atoms. The van der Waals surface area contributed by atoms with E-state index in [4.69, 9.17) is 4.74 Å². The van der Waals surface area contributed by atoms with Crippen molar-refractivity contribution in [1.29, 1.82) is 10.5 Å². The van der Waals surface area contributed by atoms with Crippen LogP contribution in [0.3, 0.4) is 0 Å². The van der Waals surface area contributed by atoms with E-state index in [0.717, 1.165) is 11.1 Å². The van der Waals surface area contributed by atoms with E-state index >= 15 is 0 Å². The summed E-state index contributed by atoms with van der Waals surface area (Å²) in [5.41, 5.74) is 1.95. The second kappa shape index (κ2) is 8.94. The first-order valence-corrected chi connectivity index (χ1v) is 8.67. The summed E-state index contributed by atoms with van der Waals surface area (Å²) >= 11 is 0. The number of hydrogen-bond acceptors (Lipinski definition) is 5. The number of rotatable bonds is 4. The van der Waals surface area contributed by atoms with Crippen molar-refractivity contribution < 1.29 is 14.9 Å². The van der Waals surface area contributed by atoms with Crippen LogP contribution < -0.4 is 0 Å². The Morgan fingerprint density at radius 2 is 1.24 bits per heavy atom. The molecule has 0 radical (unpaired) electrons. The van der Waals surface area contributed by atoms with E-state index in [2.05, 4.69) is 0 Å². The molecule has 0 fully saturated rings. The molecule has 0 unspecified atom stereocenters. The Labute approximate surface area is 168 Å². The zero-order valence-corrected chi connectivity index (χ0v) is 15.3. The molecule has 1 aliphatic heterocycles. The van der Waals surface area contributed by atoms with Gasteiger partial charge in [0.05, 0.1) is 0 Å². The number of aromatic hydroxyl groups is 2. The van der Waals surface area contributed by atoms with Crippen LogP contribution in [0.5, 0.6) is 11.5 Å². The Balaban J connectivity index is 1.91. The maximum atomic E-state index is 9.57. The van der Waals surface area contributed by atoms with Crippen molar-refractivity contribution in [2.24, 2.45) is 0 Å². The Hall–Kier alpha value is -4.48. The third-order valence-corrected chi connectivity index (χ3v) is 3.96. The SMILES string of the molecule is N#CC(C#N)=C1C=C(/C=C/c2cccc(O)c2)OC(/C=C/c2cccc(O)c2)=C1. The van der Waals surface area contributed by atoms with Gasteiger partial charge in [-0.1, -0.05) is 36.4 Å². The highest BCUT2D eigenvalue weighted by Gasteiger charge is 2.12. The fourth-order valence-electron chi connectivity index (χ4n) is 2.62. The van der Waals surface area contributed by atoms with Gasteiger partial charge in [-0.2, -0.15) is 10.5 Å². The molecule has 0 atom stereocenters. The highest BCUT2D eigenvalue weighted by molar-refractivity contribution is 5.60. The van der Waals surface area contributed by atoms with E-state index in [0.29, 0.717) is 17.1 Å². The topological polar surface area (TPSA) is 97.3 Å². The lowest BCUT2D eigenvalue weighted by atomic mass is 10.1. The van der Waals surface area contributed by atoms with Gasteiger partial charge in [-0.05, 0) is 59.7 Å². The summed E-state index contributed by atoms with van der Waals surface area (Å²) in [6.07, 6.45) is 10.1. The third kappa shape index (κ3) is 5.26. The van der Waals surface area contributed by atoms with E-state index < -0.39 is 0 Å². The average Bonchev–Trinajstić information content (AvgIpc) is 2.72. The number of nitriles is 2. The molecule has 29 heavy (non-hydrogen) atoms. The van der Waals surface area contributed by atoms with Gasteiger partial charge in [-0.15, -0.1) is 0 Å². The second-order valence-corrected chi connectivity index (χ2v) is 6.11. The zero-order chi connectivity index (χ0) is 20.6. The molecule has 2 N–H and O–H groups in total. The smallest absolute Gasteiger partial charge is 0.137 e. The molecule has 3 rings (SSSR count). The summed E-state index contributed by atoms with van der Waals surface area (Å²) in [5, 5.41) is 37.6. The van der Waals surface area contributed by atoms with Gasteiger partial charge in [0.2, 0.25) is 0 Å². The van der Waals surface area contributed by atoms with Crippen LogP contribution >= 0.6 is 0 Å². The molecular formula is C24H16N2O3. The van der Waals surface area contributed by atoms with Gasteiger partial charge in [0.15, 0.2) is 0 Å². The monoisotopic (exact) mass is 380 g/mol. The van der Waals surface area contributed by atoms with Gasteiger partial charge in [0.25, 0.3) is 0 Å². The first kappa shape index (κ1) is 19.3. The van der Waals surface area contributed by atoms with Gasteiger partial charge in [-0.3, -0.25) is 0 Å². The quantitative estimate of drug-likeness (QED) is 0.730. The van der Waals surface area contributed by atoms with Crippen LogP contribution in [-0.4, -0.2) is 10.2 Å². The van der Waals surface area contributed by atoms with Gasteiger partial charge in [0, 0.05) is 5.57 Å². The molecule has 2 aromatic rings. The van der Waals surface area contributed by atoms with E-state index in [1.54, 1.807) is 72.9 Å². The number of hydrogen-bond donors (Lipinski definition) is 2. The third-order valence-electron chi connectivity index (χ3n) is 3.96. The lowest BCUT2D eigenvalue weighted by Gasteiger charge is -2.14. The molecular weight excluding hydrogens is 364 g/mol. The predicted molar refractivity (Wildman–Crippen MR) is 110 cm³/mol. The van der Waals surface area contributed by atoms with E-state index in [1.807, 2.05) is 24.3 Å². The molecule has 0 aromatic heterocycles. The average molecular weight is 380 g/mol. The highest BCUT2D eigenvalue weighted by atomic mass is 16.5. The summed E-state index contributed by atoms with van der Waals surface area (Å²) in [6, 6.07) is 17.2. The Kier molecular flexibility index (Phi) is 5.95. The maximum Gasteiger partial charge on any atom is 0.137 e. The number of nitrogens with zero attached hydrogens (tertiary/aromatic N) is 2. The minimum Gasteiger partial charge on any atom is -0.508 e. The molecule has 1 heterocycles. The minimum absolute atomic E-state index is 0.0280. The standard InChI is InChI=1S/C24H16N2O3/c25-15-20(16-26)19-13-23(9-7-17-3-1-5-21(27)11-17)29-24(14-19)10-8-18-4-2-6-22(28)12-18/h1-14,27-28H/b9-7+,10-8+. The van der Waals surface area contributed by atoms with Crippen LogP contribution in [0.2, 0.25) is 0 Å². The Morgan fingerprint density at radius 1 is 0.759 bits per heavy atom. The van der Waals surface area contributed by atoms with Crippen LogP contribution in [0.15, 0.2) is 95.5 Å². The van der Waals surface area contributed by atoms with Gasteiger partial charge < -0.3 is 14.9 Å². The summed E-state index contributed by atoms with van der Waals surface area (Å²) < 4.78 is 5.83. The van der Waals surface area contributed by atoms with E-state index in [1.165, 1.54) is 0 Å². The van der Waals surface area contributed by atoms with Crippen LogP contribution in [0.25, 0.3) is 12.2 Å². The first-order chi connectivity index (χ1) is 14.1. The van der Waals surface area contributed by atoms with E-state index in [9.17, 15) is 20.7 Å². The van der Waals surface area contributed by atoms with Crippen molar-refractivity contribution >= 4 is 12.2 Å². The van der Waals surface area contributed by atoms with Crippen LogP contribution in [0, 0.1) is 22.7 Å². The predicted octanol–water partition coefficient (Wildman–Crippen LogP) is 4.97. The largest absolute Gasteiger partial charge is 0.508 e. The lowest BCUT2D eigenvalue weighted by molar-refractivity contribution is 0.332. The first-order valence-electron chi connectivity index (χ1n) is 8.67. The van der Waals surface area contributed by atoms with Crippen molar-refractivity contribution in [3.8, 4) is 23.6 Å². The van der Waals surface area contributed by atoms with Crippen molar-refractivity contribution in [2.75, 3.05) is 0 Å². The van der Waals surface area contributed by atoms with Crippen LogP contribution in [0.1, 0.15) is 11.1 Å². The molecule has 0 saturated carbocycles. The molecule has 5 heteroatoms. The van der Waals surface area contributed by atoms with Crippen molar-refractivity contribution in [2.45, 2.75) is 0 Å². The molecule has 0 saturated heterocycles. The number of allylic oxidation sites excluding steroid dienone is 6. The van der Waals surface area contributed by atoms with Crippen molar-refractivity contribution in [3.63, 3.8) is 0 Å². The van der Waals surface area contributed by atoms with Gasteiger partial charge in [-0.25, -0.2) is 0 Å². The number of ether oxygens (including phenoxy) is 1. The van der Waals surface area contributed by atoms with Crippen LogP contribution in [-0.2, 0) is 4.74 Å². The summed E-state index contributed by atoms with van der Waals surface area (Å²) in [5.74, 6) is 1.17. The molecule has 5 nitrogen and oxygen atoms in total. The van der Waals surface area contributed by atoms with Gasteiger partial charge >= 0.3 is 0 Å². The minimum atomic E-state index is -0.0280. The van der Waals surface area contributed by atoms with E-state index in [-0.39, 0.29) is 17.1 Å². The molecule has 140 valence electrons. The maximum absolute atomic E-state index is 9.57. The number of benzene rings is 2. The second-order valence-electron chi connectivity index (χ2n) is 6.11. The highest BCUT2D eigenvalue weighted by Crippen LogP contribution is 2.25. The van der Waals surface area contributed by atoms with Crippen LogP contribution in [0.4, 0.5) is 0 Å². The van der Waals surface area contributed by atoms with Crippen molar-refractivity contribution in [1.82, 2.24) is 0 Å². The fraction of sp³-hybridized carbons (Fsp3) is 0. The van der Waals surface area contributed by atoms with Crippen molar-refractivity contribution in [3.05, 3.63) is 107 Å². The fourth-order valence-corrected chi connectivity index (χ4v) is 2.62.